The molecule has 0 aliphatic rings. The number of pyridine rings is 1. The van der Waals surface area contributed by atoms with Gasteiger partial charge in [-0.2, -0.15) is 0 Å². The van der Waals surface area contributed by atoms with Crippen molar-refractivity contribution in [3.63, 3.8) is 0 Å². The van der Waals surface area contributed by atoms with Gasteiger partial charge in [0.1, 0.15) is 0 Å². The highest BCUT2D eigenvalue weighted by molar-refractivity contribution is 5.83. The lowest BCUT2D eigenvalue weighted by Gasteiger charge is -2.04. The Labute approximate surface area is 125 Å². The van der Waals surface area contributed by atoms with Gasteiger partial charge < -0.3 is 9.88 Å². The summed E-state index contributed by atoms with van der Waals surface area (Å²) in [5, 5.41) is 4.76. The number of fused-ring (bicyclic) bond motifs is 1. The fourth-order valence-corrected chi connectivity index (χ4v) is 2.69. The molecule has 108 valence electrons. The first-order valence-corrected chi connectivity index (χ1v) is 7.56. The molecule has 3 heteroatoms. The molecular formula is C18H21N3. The summed E-state index contributed by atoms with van der Waals surface area (Å²) < 4.78 is 2.34. The van der Waals surface area contributed by atoms with E-state index in [0.29, 0.717) is 0 Å². The van der Waals surface area contributed by atoms with Gasteiger partial charge in [-0.1, -0.05) is 31.2 Å². The number of benzene rings is 1. The Hall–Kier alpha value is -2.13. The van der Waals surface area contributed by atoms with Gasteiger partial charge >= 0.3 is 0 Å². The molecule has 2 heterocycles. The molecule has 0 radical (unpaired) electrons. The van der Waals surface area contributed by atoms with Crippen LogP contribution in [0, 0.1) is 0 Å². The minimum absolute atomic E-state index is 0.924. The second kappa shape index (κ2) is 6.55. The summed E-state index contributed by atoms with van der Waals surface area (Å²) in [6.07, 6.45) is 5.09. The Morgan fingerprint density at radius 1 is 1.10 bits per heavy atom. The maximum atomic E-state index is 4.40. The largest absolute Gasteiger partial charge is 0.347 e. The summed E-state index contributed by atoms with van der Waals surface area (Å²) in [4.78, 5) is 4.40. The van der Waals surface area contributed by atoms with Crippen molar-refractivity contribution in [2.45, 2.75) is 26.4 Å². The molecule has 1 aromatic carbocycles. The van der Waals surface area contributed by atoms with Crippen molar-refractivity contribution in [1.82, 2.24) is 14.9 Å². The normalized spacial score (nSPS) is 11.1. The lowest BCUT2D eigenvalue weighted by Crippen LogP contribution is -2.11. The van der Waals surface area contributed by atoms with Gasteiger partial charge in [0, 0.05) is 48.5 Å². The monoisotopic (exact) mass is 279 g/mol. The van der Waals surface area contributed by atoms with Crippen LogP contribution < -0.4 is 5.32 Å². The first-order chi connectivity index (χ1) is 10.4. The molecule has 0 aliphatic heterocycles. The predicted octanol–water partition coefficient (Wildman–Crippen LogP) is 3.39. The SMILES string of the molecule is CCNCc1cn(CCc2ccccn2)c2ccccc12. The Balaban J connectivity index is 1.84. The van der Waals surface area contributed by atoms with E-state index in [1.54, 1.807) is 0 Å². The van der Waals surface area contributed by atoms with Crippen molar-refractivity contribution < 1.29 is 0 Å². The number of aromatic nitrogens is 2. The van der Waals surface area contributed by atoms with E-state index in [9.17, 15) is 0 Å². The van der Waals surface area contributed by atoms with E-state index in [0.717, 1.165) is 31.7 Å². The van der Waals surface area contributed by atoms with Gasteiger partial charge in [-0.05, 0) is 30.3 Å². The third-order valence-electron chi connectivity index (χ3n) is 3.77. The van der Waals surface area contributed by atoms with Gasteiger partial charge in [-0.15, -0.1) is 0 Å². The first-order valence-electron chi connectivity index (χ1n) is 7.56. The zero-order valence-corrected chi connectivity index (χ0v) is 12.4. The molecule has 0 amide bonds. The number of rotatable bonds is 6. The molecule has 0 spiro atoms. The second-order valence-corrected chi connectivity index (χ2v) is 5.22. The van der Waals surface area contributed by atoms with Crippen LogP contribution in [0.25, 0.3) is 10.9 Å². The molecule has 21 heavy (non-hydrogen) atoms. The standard InChI is InChI=1S/C18H21N3/c1-2-19-13-15-14-21(18-9-4-3-8-17(15)18)12-10-16-7-5-6-11-20-16/h3-9,11,14,19H,2,10,12-13H2,1H3. The molecule has 0 atom stereocenters. The van der Waals surface area contributed by atoms with E-state index in [-0.39, 0.29) is 0 Å². The zero-order valence-electron chi connectivity index (χ0n) is 12.4. The Bertz CT molecular complexity index is 701. The molecule has 0 aliphatic carbocycles. The molecule has 0 unspecified atom stereocenters. The highest BCUT2D eigenvalue weighted by atomic mass is 15.0. The van der Waals surface area contributed by atoms with Crippen molar-refractivity contribution in [3.05, 3.63) is 66.1 Å². The highest BCUT2D eigenvalue weighted by Gasteiger charge is 2.07. The lowest BCUT2D eigenvalue weighted by molar-refractivity contribution is 0.694. The quantitative estimate of drug-likeness (QED) is 0.749. The summed E-state index contributed by atoms with van der Waals surface area (Å²) >= 11 is 0. The van der Waals surface area contributed by atoms with E-state index < -0.39 is 0 Å². The third kappa shape index (κ3) is 3.14. The maximum absolute atomic E-state index is 4.40. The van der Waals surface area contributed by atoms with E-state index in [4.69, 9.17) is 0 Å². The van der Waals surface area contributed by atoms with Crippen LogP contribution in [-0.4, -0.2) is 16.1 Å². The molecule has 0 fully saturated rings. The summed E-state index contributed by atoms with van der Waals surface area (Å²) in [5.41, 5.74) is 3.82. The minimum atomic E-state index is 0.924. The Morgan fingerprint density at radius 3 is 2.76 bits per heavy atom. The van der Waals surface area contributed by atoms with E-state index in [1.807, 2.05) is 18.3 Å². The molecule has 3 aromatic rings. The Kier molecular flexibility index (Phi) is 4.31. The van der Waals surface area contributed by atoms with Crippen LogP contribution >= 0.6 is 0 Å². The van der Waals surface area contributed by atoms with Crippen LogP contribution in [0.4, 0.5) is 0 Å². The summed E-state index contributed by atoms with van der Waals surface area (Å²) in [6, 6.07) is 14.7. The number of nitrogens with one attached hydrogen (secondary N) is 1. The lowest BCUT2D eigenvalue weighted by atomic mass is 10.2. The molecule has 3 nitrogen and oxygen atoms in total. The molecule has 2 aromatic heterocycles. The maximum Gasteiger partial charge on any atom is 0.0483 e. The van der Waals surface area contributed by atoms with Crippen molar-refractivity contribution in [1.29, 1.82) is 0 Å². The van der Waals surface area contributed by atoms with Crippen LogP contribution in [0.15, 0.2) is 54.9 Å². The summed E-state index contributed by atoms with van der Waals surface area (Å²) in [6.45, 7) is 5.02. The third-order valence-corrected chi connectivity index (χ3v) is 3.77. The van der Waals surface area contributed by atoms with Crippen LogP contribution in [-0.2, 0) is 19.5 Å². The van der Waals surface area contributed by atoms with Crippen LogP contribution in [0.5, 0.6) is 0 Å². The number of hydrogen-bond donors (Lipinski definition) is 1. The minimum Gasteiger partial charge on any atom is -0.347 e. The van der Waals surface area contributed by atoms with Crippen LogP contribution in [0.2, 0.25) is 0 Å². The topological polar surface area (TPSA) is 29.9 Å². The number of aryl methyl sites for hydroxylation is 2. The fourth-order valence-electron chi connectivity index (χ4n) is 2.69. The summed E-state index contributed by atoms with van der Waals surface area (Å²) in [7, 11) is 0. The van der Waals surface area contributed by atoms with Crippen molar-refractivity contribution in [3.8, 4) is 0 Å². The molecule has 0 bridgehead atoms. The average molecular weight is 279 g/mol. The Morgan fingerprint density at radius 2 is 1.95 bits per heavy atom. The van der Waals surface area contributed by atoms with Crippen LogP contribution in [0.1, 0.15) is 18.2 Å². The predicted molar refractivity (Wildman–Crippen MR) is 87.3 cm³/mol. The second-order valence-electron chi connectivity index (χ2n) is 5.22. The smallest absolute Gasteiger partial charge is 0.0483 e. The van der Waals surface area contributed by atoms with Crippen molar-refractivity contribution >= 4 is 10.9 Å². The van der Waals surface area contributed by atoms with Gasteiger partial charge in [0.2, 0.25) is 0 Å². The fraction of sp³-hybridized carbons (Fsp3) is 0.278. The van der Waals surface area contributed by atoms with Crippen LogP contribution in [0.3, 0.4) is 0 Å². The molecule has 1 N–H and O–H groups in total. The molecule has 3 rings (SSSR count). The number of para-hydroxylation sites is 1. The zero-order chi connectivity index (χ0) is 14.5. The summed E-state index contributed by atoms with van der Waals surface area (Å²) in [5.74, 6) is 0. The average Bonchev–Trinajstić information content (AvgIpc) is 2.90. The first kappa shape index (κ1) is 13.8. The van der Waals surface area contributed by atoms with E-state index in [1.165, 1.54) is 16.5 Å². The molecular weight excluding hydrogens is 258 g/mol. The van der Waals surface area contributed by atoms with E-state index in [2.05, 4.69) is 58.3 Å². The van der Waals surface area contributed by atoms with Gasteiger partial charge in [-0.3, -0.25) is 4.98 Å². The number of nitrogens with zero attached hydrogens (tertiary/aromatic N) is 2. The number of hydrogen-bond acceptors (Lipinski definition) is 2. The van der Waals surface area contributed by atoms with Crippen molar-refractivity contribution in [2.24, 2.45) is 0 Å². The van der Waals surface area contributed by atoms with Crippen molar-refractivity contribution in [2.75, 3.05) is 6.54 Å². The van der Waals surface area contributed by atoms with Gasteiger partial charge in [0.15, 0.2) is 0 Å². The van der Waals surface area contributed by atoms with E-state index >= 15 is 0 Å². The molecule has 0 saturated heterocycles. The highest BCUT2D eigenvalue weighted by Crippen LogP contribution is 2.21. The van der Waals surface area contributed by atoms with Gasteiger partial charge in [0.25, 0.3) is 0 Å². The van der Waals surface area contributed by atoms with Gasteiger partial charge in [0.05, 0.1) is 0 Å². The van der Waals surface area contributed by atoms with Gasteiger partial charge in [-0.25, -0.2) is 0 Å². The molecule has 0 saturated carbocycles.